The Labute approximate surface area is 113 Å². The molecule has 1 heterocycles. The molecule has 0 aliphatic heterocycles. The number of pyridine rings is 1. The van der Waals surface area contributed by atoms with Crippen LogP contribution in [-0.2, 0) is 0 Å². The quantitative estimate of drug-likeness (QED) is 0.367. The van der Waals surface area contributed by atoms with Crippen molar-refractivity contribution in [3.63, 3.8) is 0 Å². The molecule has 0 fully saturated rings. The number of aromatic nitrogens is 1. The summed E-state index contributed by atoms with van der Waals surface area (Å²) in [6.07, 6.45) is 1.40. The molecular formula is C13H10N2O5. The topological polar surface area (TPSA) is 91.6 Å². The SMILES string of the molecule is COc1ccc(C(=O)Oc2ccc([N+](=O)[O-])cc2)nc1. The molecule has 0 saturated carbocycles. The maximum Gasteiger partial charge on any atom is 0.362 e. The zero-order valence-corrected chi connectivity index (χ0v) is 10.5. The second-order valence-corrected chi connectivity index (χ2v) is 3.72. The number of ether oxygens (including phenoxy) is 2. The molecule has 1 aromatic carbocycles. The monoisotopic (exact) mass is 274 g/mol. The molecule has 0 radical (unpaired) electrons. The van der Waals surface area contributed by atoms with Gasteiger partial charge in [0.25, 0.3) is 5.69 Å². The van der Waals surface area contributed by atoms with Crippen molar-refractivity contribution in [1.82, 2.24) is 4.98 Å². The minimum absolute atomic E-state index is 0.0765. The smallest absolute Gasteiger partial charge is 0.362 e. The van der Waals surface area contributed by atoms with Crippen molar-refractivity contribution in [2.45, 2.75) is 0 Å². The fourth-order valence-electron chi connectivity index (χ4n) is 1.42. The maximum atomic E-state index is 11.8. The minimum atomic E-state index is -0.651. The molecule has 0 N–H and O–H groups in total. The van der Waals surface area contributed by atoms with Crippen molar-refractivity contribution in [2.75, 3.05) is 7.11 Å². The number of carbonyl (C=O) groups excluding carboxylic acids is 1. The van der Waals surface area contributed by atoms with Gasteiger partial charge in [-0.2, -0.15) is 0 Å². The summed E-state index contributed by atoms with van der Waals surface area (Å²) in [5, 5.41) is 10.5. The highest BCUT2D eigenvalue weighted by Crippen LogP contribution is 2.18. The van der Waals surface area contributed by atoms with Gasteiger partial charge in [-0.15, -0.1) is 0 Å². The van der Waals surface area contributed by atoms with E-state index in [1.807, 2.05) is 0 Å². The minimum Gasteiger partial charge on any atom is -0.495 e. The molecule has 7 nitrogen and oxygen atoms in total. The number of nitro groups is 1. The van der Waals surface area contributed by atoms with Crippen LogP contribution in [0.15, 0.2) is 42.6 Å². The van der Waals surface area contributed by atoms with Crippen LogP contribution in [0.25, 0.3) is 0 Å². The van der Waals surface area contributed by atoms with Gasteiger partial charge in [-0.3, -0.25) is 10.1 Å². The van der Waals surface area contributed by atoms with Crippen LogP contribution in [0.3, 0.4) is 0 Å². The van der Waals surface area contributed by atoms with Crippen molar-refractivity contribution in [3.05, 3.63) is 58.4 Å². The average molecular weight is 274 g/mol. The first-order valence-corrected chi connectivity index (χ1v) is 5.57. The lowest BCUT2D eigenvalue weighted by Gasteiger charge is -2.04. The molecule has 20 heavy (non-hydrogen) atoms. The first-order valence-electron chi connectivity index (χ1n) is 5.57. The lowest BCUT2D eigenvalue weighted by molar-refractivity contribution is -0.384. The normalized spacial score (nSPS) is 9.85. The van der Waals surface area contributed by atoms with Crippen LogP contribution >= 0.6 is 0 Å². The number of hydrogen-bond donors (Lipinski definition) is 0. The fraction of sp³-hybridized carbons (Fsp3) is 0.0769. The molecule has 0 aliphatic rings. The van der Waals surface area contributed by atoms with E-state index in [-0.39, 0.29) is 17.1 Å². The van der Waals surface area contributed by atoms with Crippen molar-refractivity contribution < 1.29 is 19.2 Å². The van der Waals surface area contributed by atoms with Crippen molar-refractivity contribution in [3.8, 4) is 11.5 Å². The molecule has 0 atom stereocenters. The van der Waals surface area contributed by atoms with E-state index in [4.69, 9.17) is 9.47 Å². The maximum absolute atomic E-state index is 11.8. The predicted molar refractivity (Wildman–Crippen MR) is 68.8 cm³/mol. The second kappa shape index (κ2) is 5.79. The van der Waals surface area contributed by atoms with Crippen molar-refractivity contribution in [1.29, 1.82) is 0 Å². The van der Waals surface area contributed by atoms with Crippen LogP contribution in [0.5, 0.6) is 11.5 Å². The van der Waals surface area contributed by atoms with Gasteiger partial charge in [0.2, 0.25) is 0 Å². The standard InChI is InChI=1S/C13H10N2O5/c1-19-11-6-7-12(14-8-11)13(16)20-10-4-2-9(3-5-10)15(17)18/h2-8H,1H3. The fourth-order valence-corrected chi connectivity index (χ4v) is 1.42. The Kier molecular flexibility index (Phi) is 3.90. The van der Waals surface area contributed by atoms with Gasteiger partial charge < -0.3 is 9.47 Å². The van der Waals surface area contributed by atoms with E-state index < -0.39 is 10.9 Å². The highest BCUT2D eigenvalue weighted by molar-refractivity contribution is 5.89. The van der Waals surface area contributed by atoms with Gasteiger partial charge in [0.05, 0.1) is 18.2 Å². The van der Waals surface area contributed by atoms with Gasteiger partial charge in [-0.1, -0.05) is 0 Å². The average Bonchev–Trinajstić information content (AvgIpc) is 2.48. The zero-order valence-electron chi connectivity index (χ0n) is 10.5. The van der Waals surface area contributed by atoms with Crippen molar-refractivity contribution >= 4 is 11.7 Å². The number of hydrogen-bond acceptors (Lipinski definition) is 6. The molecule has 2 aromatic rings. The molecule has 1 aromatic heterocycles. The molecule has 0 saturated heterocycles. The van der Waals surface area contributed by atoms with Crippen LogP contribution in [0.4, 0.5) is 5.69 Å². The van der Waals surface area contributed by atoms with Crippen LogP contribution in [-0.4, -0.2) is 23.0 Å². The Morgan fingerprint density at radius 2 is 1.80 bits per heavy atom. The Hall–Kier alpha value is -2.96. The first kappa shape index (κ1) is 13.5. The Morgan fingerprint density at radius 3 is 2.30 bits per heavy atom. The van der Waals surface area contributed by atoms with Crippen molar-refractivity contribution in [2.24, 2.45) is 0 Å². The molecule has 0 amide bonds. The first-order chi connectivity index (χ1) is 9.60. The molecule has 2 rings (SSSR count). The lowest BCUT2D eigenvalue weighted by Crippen LogP contribution is -2.10. The summed E-state index contributed by atoms with van der Waals surface area (Å²) in [5.41, 5.74) is 0.0384. The molecule has 0 bridgehead atoms. The van der Waals surface area contributed by atoms with Crippen LogP contribution < -0.4 is 9.47 Å². The zero-order chi connectivity index (χ0) is 14.5. The number of non-ortho nitro benzene ring substituents is 1. The van der Waals surface area contributed by atoms with Gasteiger partial charge in [-0.25, -0.2) is 9.78 Å². The van der Waals surface area contributed by atoms with Gasteiger partial charge in [0.15, 0.2) is 0 Å². The molecule has 7 heteroatoms. The third-order valence-electron chi connectivity index (χ3n) is 2.44. The van der Waals surface area contributed by atoms with Gasteiger partial charge in [-0.05, 0) is 24.3 Å². The lowest BCUT2D eigenvalue weighted by atomic mass is 10.3. The summed E-state index contributed by atoms with van der Waals surface area (Å²) in [6, 6.07) is 8.25. The number of benzene rings is 1. The molecule has 102 valence electrons. The predicted octanol–water partition coefficient (Wildman–Crippen LogP) is 2.22. The third-order valence-corrected chi connectivity index (χ3v) is 2.44. The van der Waals surface area contributed by atoms with E-state index in [1.54, 1.807) is 6.07 Å². The summed E-state index contributed by atoms with van der Waals surface area (Å²) in [7, 11) is 1.49. The number of nitro benzene ring substituents is 1. The van der Waals surface area contributed by atoms with E-state index >= 15 is 0 Å². The van der Waals surface area contributed by atoms with E-state index in [2.05, 4.69) is 4.98 Å². The molecule has 0 unspecified atom stereocenters. The Morgan fingerprint density at radius 1 is 1.15 bits per heavy atom. The van der Waals surface area contributed by atoms with E-state index in [1.165, 1.54) is 43.6 Å². The third kappa shape index (κ3) is 3.08. The number of nitrogens with zero attached hydrogens (tertiary/aromatic N) is 2. The Bertz CT molecular complexity index is 622. The highest BCUT2D eigenvalue weighted by Gasteiger charge is 2.11. The van der Waals surface area contributed by atoms with E-state index in [9.17, 15) is 14.9 Å². The second-order valence-electron chi connectivity index (χ2n) is 3.72. The molecule has 0 aliphatic carbocycles. The number of esters is 1. The molecule has 0 spiro atoms. The van der Waals surface area contributed by atoms with Gasteiger partial charge in [0.1, 0.15) is 17.2 Å². The summed E-state index contributed by atoms with van der Waals surface area (Å²) in [6.45, 7) is 0. The van der Waals surface area contributed by atoms with Crippen LogP contribution in [0.2, 0.25) is 0 Å². The van der Waals surface area contributed by atoms with Gasteiger partial charge in [0, 0.05) is 12.1 Å². The number of rotatable bonds is 4. The number of methoxy groups -OCH3 is 1. The molecular weight excluding hydrogens is 264 g/mol. The summed E-state index contributed by atoms with van der Waals surface area (Å²) >= 11 is 0. The van der Waals surface area contributed by atoms with Gasteiger partial charge >= 0.3 is 5.97 Å². The summed E-state index contributed by atoms with van der Waals surface area (Å²) < 4.78 is 9.97. The number of carbonyl (C=O) groups is 1. The highest BCUT2D eigenvalue weighted by atomic mass is 16.6. The summed E-state index contributed by atoms with van der Waals surface area (Å²) in [4.78, 5) is 25.6. The van der Waals surface area contributed by atoms with Crippen LogP contribution in [0, 0.1) is 10.1 Å². The van der Waals surface area contributed by atoms with E-state index in [0.29, 0.717) is 5.75 Å². The largest absolute Gasteiger partial charge is 0.495 e. The summed E-state index contributed by atoms with van der Waals surface area (Å²) in [5.74, 6) is 0.0802. The van der Waals surface area contributed by atoms with Crippen LogP contribution in [0.1, 0.15) is 10.5 Å². The Balaban J connectivity index is 2.08. The van der Waals surface area contributed by atoms with E-state index in [0.717, 1.165) is 0 Å².